The van der Waals surface area contributed by atoms with Crippen LogP contribution >= 0.6 is 0 Å². The van der Waals surface area contributed by atoms with Crippen molar-refractivity contribution in [2.24, 2.45) is 5.73 Å². The maximum atomic E-state index is 13.4. The first-order valence-corrected chi connectivity index (χ1v) is 10.2. The summed E-state index contributed by atoms with van der Waals surface area (Å²) in [6, 6.07) is 8.74. The number of fused-ring (bicyclic) bond motifs is 1. The smallest absolute Gasteiger partial charge is 0.412 e. The number of carbonyl (C=O) groups excluding carboxylic acids is 2. The van der Waals surface area contributed by atoms with Gasteiger partial charge in [0.25, 0.3) is 0 Å². The van der Waals surface area contributed by atoms with E-state index in [2.05, 4.69) is 4.74 Å². The number of esters is 1. The van der Waals surface area contributed by atoms with Crippen molar-refractivity contribution < 1.29 is 33.0 Å². The number of amides is 1. The topological polar surface area (TPSA) is 115 Å². The highest BCUT2D eigenvalue weighted by atomic mass is 19.1. The molecule has 3 aromatic rings. The van der Waals surface area contributed by atoms with E-state index >= 15 is 0 Å². The van der Waals surface area contributed by atoms with Gasteiger partial charge in [0, 0.05) is 30.1 Å². The Labute approximate surface area is 183 Å². The van der Waals surface area contributed by atoms with Crippen molar-refractivity contribution in [3.63, 3.8) is 0 Å². The minimum atomic E-state index is -1.25. The summed E-state index contributed by atoms with van der Waals surface area (Å²) in [5.41, 5.74) is 6.50. The number of β-amino-alcohol motifs (C(OH)–C–C–N with tert-alkyl or cyclic N) is 1. The number of nitrogens with two attached hydrogens (primary N) is 1. The molecule has 2 aromatic carbocycles. The molecule has 8 nitrogen and oxygen atoms in total. The van der Waals surface area contributed by atoms with Gasteiger partial charge >= 0.3 is 12.1 Å². The quantitative estimate of drug-likeness (QED) is 0.456. The Kier molecular flexibility index (Phi) is 5.75. The Morgan fingerprint density at radius 2 is 1.97 bits per heavy atom. The highest BCUT2D eigenvalue weighted by Crippen LogP contribution is 2.41. The van der Waals surface area contributed by atoms with Gasteiger partial charge in [0.1, 0.15) is 28.5 Å². The number of aliphatic hydroxyl groups is 1. The summed E-state index contributed by atoms with van der Waals surface area (Å²) in [5.74, 6) is -0.842. The number of anilines is 1. The molecule has 1 saturated heterocycles. The number of furan rings is 1. The molecule has 2 heterocycles. The molecule has 1 aromatic heterocycles. The molecule has 0 radical (unpaired) electrons. The first-order chi connectivity index (χ1) is 15.2. The number of hydrogen-bond donors (Lipinski definition) is 2. The van der Waals surface area contributed by atoms with Crippen LogP contribution in [0, 0.1) is 5.82 Å². The number of hydrogen-bond acceptors (Lipinski definition) is 7. The zero-order valence-electron chi connectivity index (χ0n) is 17.6. The summed E-state index contributed by atoms with van der Waals surface area (Å²) in [7, 11) is 0. The van der Waals surface area contributed by atoms with Crippen LogP contribution in [-0.2, 0) is 4.74 Å². The van der Waals surface area contributed by atoms with Crippen molar-refractivity contribution in [2.75, 3.05) is 18.0 Å². The van der Waals surface area contributed by atoms with Crippen molar-refractivity contribution in [3.05, 3.63) is 47.8 Å². The Hall–Kier alpha value is -3.59. The summed E-state index contributed by atoms with van der Waals surface area (Å²) in [6.07, 6.45) is -1.25. The molecule has 0 saturated carbocycles. The second kappa shape index (κ2) is 8.51. The van der Waals surface area contributed by atoms with Crippen LogP contribution in [0.25, 0.3) is 22.3 Å². The minimum Gasteiger partial charge on any atom is -0.489 e. The van der Waals surface area contributed by atoms with E-state index < -0.39 is 24.0 Å². The number of rotatable bonds is 5. The highest BCUT2D eigenvalue weighted by molar-refractivity contribution is 6.12. The molecule has 1 aliphatic rings. The number of carbonyl (C=O) groups is 2. The van der Waals surface area contributed by atoms with E-state index in [0.717, 1.165) is 0 Å². The molecule has 4 rings (SSSR count). The third kappa shape index (κ3) is 4.24. The zero-order valence-corrected chi connectivity index (χ0v) is 17.6. The first kappa shape index (κ1) is 21.6. The van der Waals surface area contributed by atoms with Gasteiger partial charge in [-0.3, -0.25) is 0 Å². The van der Waals surface area contributed by atoms with Crippen molar-refractivity contribution in [1.82, 2.24) is 0 Å². The molecule has 0 spiro atoms. The molecule has 0 bridgehead atoms. The Bertz CT molecular complexity index is 1170. The van der Waals surface area contributed by atoms with Crippen LogP contribution in [-0.4, -0.2) is 42.5 Å². The average molecular weight is 442 g/mol. The van der Waals surface area contributed by atoms with Crippen LogP contribution < -0.4 is 15.4 Å². The van der Waals surface area contributed by atoms with Crippen molar-refractivity contribution in [3.8, 4) is 17.1 Å². The van der Waals surface area contributed by atoms with Crippen LogP contribution in [0.2, 0.25) is 0 Å². The molecule has 1 fully saturated rings. The maximum Gasteiger partial charge on any atom is 0.412 e. The molecule has 1 aliphatic heterocycles. The fraction of sp³-hybridized carbons (Fsp3) is 0.304. The molecule has 9 heteroatoms. The number of benzene rings is 2. The van der Waals surface area contributed by atoms with Gasteiger partial charge in [-0.2, -0.15) is 0 Å². The number of aliphatic hydroxyl groups excluding tert-OH is 1. The summed E-state index contributed by atoms with van der Waals surface area (Å²) < 4.78 is 30.1. The second-order valence-corrected chi connectivity index (χ2v) is 7.89. The van der Waals surface area contributed by atoms with Gasteiger partial charge in [0.15, 0.2) is 0 Å². The lowest BCUT2D eigenvalue weighted by Crippen LogP contribution is -2.22. The van der Waals surface area contributed by atoms with E-state index in [1.807, 2.05) is 18.7 Å². The monoisotopic (exact) mass is 442 g/mol. The van der Waals surface area contributed by atoms with E-state index in [4.69, 9.17) is 14.9 Å². The lowest BCUT2D eigenvalue weighted by Gasteiger charge is -2.22. The summed E-state index contributed by atoms with van der Waals surface area (Å²) in [6.45, 7) is 4.80. The van der Waals surface area contributed by atoms with Gasteiger partial charge in [-0.1, -0.05) is 0 Å². The van der Waals surface area contributed by atoms with Crippen molar-refractivity contribution in [2.45, 2.75) is 32.5 Å². The fourth-order valence-corrected chi connectivity index (χ4v) is 3.82. The van der Waals surface area contributed by atoms with E-state index in [9.17, 15) is 19.1 Å². The lowest BCUT2D eigenvalue weighted by atomic mass is 10.0. The number of nitrogens with zero attached hydrogens (tertiary/aromatic N) is 1. The molecular formula is C23H23FN2O6. The number of primary amides is 1. The standard InChI is InChI=1S/C23H23FN2O6/c1-12(2)30-19-9-16-18(10-17(19)26-8-7-15(27)11-26)31-21(13-3-5-14(24)6-4-13)20(16)22(28)32-23(25)29/h3-6,9-10,12,15,27H,7-8,11H2,1-2H3,(H2,25,29). The second-order valence-electron chi connectivity index (χ2n) is 7.89. The molecule has 1 unspecified atom stereocenters. The first-order valence-electron chi connectivity index (χ1n) is 10.2. The average Bonchev–Trinajstić information content (AvgIpc) is 3.30. The molecule has 168 valence electrons. The van der Waals surface area contributed by atoms with Gasteiger partial charge < -0.3 is 29.6 Å². The zero-order chi connectivity index (χ0) is 23.0. The van der Waals surface area contributed by atoms with Crippen LogP contribution in [0.3, 0.4) is 0 Å². The Morgan fingerprint density at radius 3 is 2.56 bits per heavy atom. The van der Waals surface area contributed by atoms with Crippen LogP contribution in [0.1, 0.15) is 30.6 Å². The molecule has 1 amide bonds. The van der Waals surface area contributed by atoms with Gasteiger partial charge in [-0.25, -0.2) is 14.0 Å². The predicted octanol–water partition coefficient (Wildman–Crippen LogP) is 3.83. The van der Waals surface area contributed by atoms with Gasteiger partial charge in [-0.15, -0.1) is 0 Å². The molecule has 32 heavy (non-hydrogen) atoms. The molecule has 3 N–H and O–H groups in total. The number of ether oxygens (including phenoxy) is 2. The van der Waals surface area contributed by atoms with E-state index in [1.165, 1.54) is 24.3 Å². The van der Waals surface area contributed by atoms with E-state index in [-0.39, 0.29) is 17.4 Å². The van der Waals surface area contributed by atoms with E-state index in [1.54, 1.807) is 12.1 Å². The Balaban J connectivity index is 1.93. The fourth-order valence-electron chi connectivity index (χ4n) is 3.82. The largest absolute Gasteiger partial charge is 0.489 e. The number of halogens is 1. The van der Waals surface area contributed by atoms with E-state index in [0.29, 0.717) is 47.5 Å². The third-order valence-electron chi connectivity index (χ3n) is 5.14. The lowest BCUT2D eigenvalue weighted by molar-refractivity contribution is 0.0640. The minimum absolute atomic E-state index is 0.0213. The predicted molar refractivity (Wildman–Crippen MR) is 115 cm³/mol. The van der Waals surface area contributed by atoms with Gasteiger partial charge in [-0.05, 0) is 50.6 Å². The summed E-state index contributed by atoms with van der Waals surface area (Å²) in [4.78, 5) is 26.0. The normalized spacial score (nSPS) is 16.0. The van der Waals surface area contributed by atoms with Crippen molar-refractivity contribution in [1.29, 1.82) is 0 Å². The van der Waals surface area contributed by atoms with Gasteiger partial charge in [0.05, 0.1) is 17.9 Å². The maximum absolute atomic E-state index is 13.4. The third-order valence-corrected chi connectivity index (χ3v) is 5.14. The summed E-state index contributed by atoms with van der Waals surface area (Å²) in [5, 5.41) is 10.3. The van der Waals surface area contributed by atoms with Crippen LogP contribution in [0.15, 0.2) is 40.8 Å². The molecule has 0 aliphatic carbocycles. The van der Waals surface area contributed by atoms with Crippen LogP contribution in [0.4, 0.5) is 14.9 Å². The summed E-state index contributed by atoms with van der Waals surface area (Å²) >= 11 is 0. The molecular weight excluding hydrogens is 419 g/mol. The Morgan fingerprint density at radius 1 is 1.25 bits per heavy atom. The highest BCUT2D eigenvalue weighted by Gasteiger charge is 2.29. The SMILES string of the molecule is CC(C)Oc1cc2c(C(=O)OC(N)=O)c(-c3ccc(F)cc3)oc2cc1N1CCC(O)C1. The van der Waals surface area contributed by atoms with Crippen LogP contribution in [0.5, 0.6) is 5.75 Å². The molecule has 1 atom stereocenters. The van der Waals surface area contributed by atoms with Crippen molar-refractivity contribution >= 4 is 28.7 Å². The van der Waals surface area contributed by atoms with Gasteiger partial charge in [0.2, 0.25) is 0 Å².